The summed E-state index contributed by atoms with van der Waals surface area (Å²) in [4.78, 5) is 8.81. The molecule has 1 aromatic carbocycles. The number of nitrogens with one attached hydrogen (secondary N) is 2. The molecule has 0 spiro atoms. The molecule has 21 heavy (non-hydrogen) atoms. The van der Waals surface area contributed by atoms with Gasteiger partial charge in [0.25, 0.3) is 0 Å². The molecule has 1 unspecified atom stereocenters. The van der Waals surface area contributed by atoms with E-state index in [9.17, 15) is 0 Å². The Labute approximate surface area is 131 Å². The molecule has 0 aliphatic rings. The molecule has 1 heterocycles. The van der Waals surface area contributed by atoms with Gasteiger partial charge in [0.05, 0.1) is 6.04 Å². The summed E-state index contributed by atoms with van der Waals surface area (Å²) in [5.74, 6) is 1.48. The van der Waals surface area contributed by atoms with Gasteiger partial charge < -0.3 is 10.6 Å². The minimum Gasteiger partial charge on any atom is -0.363 e. The van der Waals surface area contributed by atoms with Crippen molar-refractivity contribution in [2.75, 3.05) is 17.2 Å². The van der Waals surface area contributed by atoms with Gasteiger partial charge >= 0.3 is 0 Å². The summed E-state index contributed by atoms with van der Waals surface area (Å²) in [6.45, 7) is 7.04. The zero-order chi connectivity index (χ0) is 15.2. The molecule has 2 N–H and O–H groups in total. The van der Waals surface area contributed by atoms with Crippen LogP contribution in [0.15, 0.2) is 30.5 Å². The lowest BCUT2D eigenvalue weighted by atomic mass is 10.1. The fourth-order valence-corrected chi connectivity index (χ4v) is 2.32. The maximum absolute atomic E-state index is 6.24. The second-order valence-electron chi connectivity index (χ2n) is 5.04. The number of aromatic nitrogens is 2. The first-order chi connectivity index (χ1) is 10.1. The molecule has 1 atom stereocenters. The van der Waals surface area contributed by atoms with Gasteiger partial charge in [-0.1, -0.05) is 36.7 Å². The van der Waals surface area contributed by atoms with Crippen molar-refractivity contribution in [3.63, 3.8) is 0 Å². The number of benzene rings is 1. The summed E-state index contributed by atoms with van der Waals surface area (Å²) in [7, 11) is 0. The van der Waals surface area contributed by atoms with Crippen LogP contribution in [-0.4, -0.2) is 16.5 Å². The van der Waals surface area contributed by atoms with Gasteiger partial charge in [-0.05, 0) is 31.9 Å². The van der Waals surface area contributed by atoms with Crippen LogP contribution in [-0.2, 0) is 0 Å². The third kappa shape index (κ3) is 4.08. The van der Waals surface area contributed by atoms with E-state index >= 15 is 0 Å². The van der Waals surface area contributed by atoms with Gasteiger partial charge in [-0.25, -0.2) is 4.98 Å². The van der Waals surface area contributed by atoms with Crippen molar-refractivity contribution in [2.45, 2.75) is 33.2 Å². The summed E-state index contributed by atoms with van der Waals surface area (Å²) >= 11 is 6.24. The summed E-state index contributed by atoms with van der Waals surface area (Å²) in [5, 5.41) is 7.36. The molecule has 5 heteroatoms. The van der Waals surface area contributed by atoms with Crippen molar-refractivity contribution >= 4 is 23.4 Å². The average Bonchev–Trinajstić information content (AvgIpc) is 2.48. The van der Waals surface area contributed by atoms with Crippen molar-refractivity contribution in [3.8, 4) is 0 Å². The second-order valence-corrected chi connectivity index (χ2v) is 5.45. The summed E-state index contributed by atoms with van der Waals surface area (Å²) < 4.78 is 0. The Kier molecular flexibility index (Phi) is 5.39. The van der Waals surface area contributed by atoms with Gasteiger partial charge in [0.2, 0.25) is 5.95 Å². The number of halogens is 1. The number of rotatable bonds is 6. The highest BCUT2D eigenvalue weighted by molar-refractivity contribution is 6.31. The summed E-state index contributed by atoms with van der Waals surface area (Å²) in [5.41, 5.74) is 2.07. The second kappa shape index (κ2) is 7.27. The van der Waals surface area contributed by atoms with E-state index in [-0.39, 0.29) is 6.04 Å². The van der Waals surface area contributed by atoms with Gasteiger partial charge in [0, 0.05) is 23.3 Å². The molecule has 1 aromatic heterocycles. The van der Waals surface area contributed by atoms with Crippen molar-refractivity contribution < 1.29 is 0 Å². The molecule has 0 fully saturated rings. The zero-order valence-corrected chi connectivity index (χ0v) is 13.4. The highest BCUT2D eigenvalue weighted by Gasteiger charge is 2.11. The molecule has 0 saturated heterocycles. The molecule has 0 aliphatic heterocycles. The van der Waals surface area contributed by atoms with Gasteiger partial charge in [-0.3, -0.25) is 0 Å². The minimum atomic E-state index is 0.0753. The zero-order valence-electron chi connectivity index (χ0n) is 12.7. The Hall–Kier alpha value is -1.81. The third-order valence-electron chi connectivity index (χ3n) is 3.23. The van der Waals surface area contributed by atoms with Gasteiger partial charge in [0.15, 0.2) is 0 Å². The standard InChI is InChI=1S/C16H21ClN4/c1-4-9-18-16-19-10-11(2)15(21-16)20-12(3)13-7-5-6-8-14(13)17/h5-8,10,12H,4,9H2,1-3H3,(H2,18,19,20,21). The molecule has 0 saturated carbocycles. The SMILES string of the molecule is CCCNc1ncc(C)c(NC(C)c2ccccc2Cl)n1. The molecular formula is C16H21ClN4. The molecule has 0 bridgehead atoms. The molecular weight excluding hydrogens is 284 g/mol. The molecule has 2 rings (SSSR count). The quantitative estimate of drug-likeness (QED) is 0.828. The van der Waals surface area contributed by atoms with Crippen LogP contribution in [0.1, 0.15) is 37.4 Å². The summed E-state index contributed by atoms with van der Waals surface area (Å²) in [6, 6.07) is 7.91. The van der Waals surface area contributed by atoms with Crippen molar-refractivity contribution in [1.29, 1.82) is 0 Å². The van der Waals surface area contributed by atoms with Gasteiger partial charge in [-0.15, -0.1) is 0 Å². The van der Waals surface area contributed by atoms with Crippen LogP contribution < -0.4 is 10.6 Å². The van der Waals surface area contributed by atoms with E-state index in [1.54, 1.807) is 0 Å². The molecule has 0 radical (unpaired) electrons. The van der Waals surface area contributed by atoms with Crippen LogP contribution in [0.2, 0.25) is 5.02 Å². The fraction of sp³-hybridized carbons (Fsp3) is 0.375. The van der Waals surface area contributed by atoms with E-state index in [1.807, 2.05) is 37.4 Å². The molecule has 0 aliphatic carbocycles. The lowest BCUT2D eigenvalue weighted by Crippen LogP contribution is -2.12. The lowest BCUT2D eigenvalue weighted by Gasteiger charge is -2.18. The Balaban J connectivity index is 2.16. The first-order valence-electron chi connectivity index (χ1n) is 7.20. The predicted molar refractivity (Wildman–Crippen MR) is 89.0 cm³/mol. The monoisotopic (exact) mass is 304 g/mol. The average molecular weight is 305 g/mol. The smallest absolute Gasteiger partial charge is 0.224 e. The van der Waals surface area contributed by atoms with E-state index in [2.05, 4.69) is 34.4 Å². The van der Waals surface area contributed by atoms with Crippen LogP contribution in [0, 0.1) is 6.92 Å². The first-order valence-corrected chi connectivity index (χ1v) is 7.58. The normalized spacial score (nSPS) is 12.0. The van der Waals surface area contributed by atoms with Crippen LogP contribution >= 0.6 is 11.6 Å². The maximum Gasteiger partial charge on any atom is 0.224 e. The minimum absolute atomic E-state index is 0.0753. The Morgan fingerprint density at radius 2 is 2.05 bits per heavy atom. The number of hydrogen-bond donors (Lipinski definition) is 2. The van der Waals surface area contributed by atoms with Crippen LogP contribution in [0.25, 0.3) is 0 Å². The highest BCUT2D eigenvalue weighted by atomic mass is 35.5. The van der Waals surface area contributed by atoms with Crippen LogP contribution in [0.5, 0.6) is 0 Å². The maximum atomic E-state index is 6.24. The molecule has 0 amide bonds. The lowest BCUT2D eigenvalue weighted by molar-refractivity contribution is 0.866. The predicted octanol–water partition coefficient (Wildman–Crippen LogP) is 4.43. The van der Waals surface area contributed by atoms with Gasteiger partial charge in [-0.2, -0.15) is 4.98 Å². The number of anilines is 2. The van der Waals surface area contributed by atoms with Crippen molar-refractivity contribution in [1.82, 2.24) is 9.97 Å². The molecule has 112 valence electrons. The number of hydrogen-bond acceptors (Lipinski definition) is 4. The molecule has 2 aromatic rings. The van der Waals surface area contributed by atoms with Crippen molar-refractivity contribution in [3.05, 3.63) is 46.6 Å². The Morgan fingerprint density at radius 3 is 2.76 bits per heavy atom. The number of aryl methyl sites for hydroxylation is 1. The van der Waals surface area contributed by atoms with Crippen LogP contribution in [0.3, 0.4) is 0 Å². The van der Waals surface area contributed by atoms with Gasteiger partial charge in [0.1, 0.15) is 5.82 Å². The largest absolute Gasteiger partial charge is 0.363 e. The van der Waals surface area contributed by atoms with E-state index < -0.39 is 0 Å². The fourth-order valence-electron chi connectivity index (χ4n) is 2.02. The Morgan fingerprint density at radius 1 is 1.29 bits per heavy atom. The topological polar surface area (TPSA) is 49.8 Å². The Bertz CT molecular complexity index is 601. The summed E-state index contributed by atoms with van der Waals surface area (Å²) in [6.07, 6.45) is 2.86. The molecule has 4 nitrogen and oxygen atoms in total. The van der Waals surface area contributed by atoms with E-state index in [4.69, 9.17) is 11.6 Å². The number of nitrogens with zero attached hydrogens (tertiary/aromatic N) is 2. The first kappa shape index (κ1) is 15.6. The van der Waals surface area contributed by atoms with E-state index in [0.29, 0.717) is 5.95 Å². The third-order valence-corrected chi connectivity index (χ3v) is 3.57. The van der Waals surface area contributed by atoms with E-state index in [1.165, 1.54) is 0 Å². The van der Waals surface area contributed by atoms with Crippen LogP contribution in [0.4, 0.5) is 11.8 Å². The van der Waals surface area contributed by atoms with E-state index in [0.717, 1.165) is 34.9 Å². The van der Waals surface area contributed by atoms with Crippen molar-refractivity contribution in [2.24, 2.45) is 0 Å². The highest BCUT2D eigenvalue weighted by Crippen LogP contribution is 2.26.